The van der Waals surface area contributed by atoms with Gasteiger partial charge in [0, 0.05) is 5.75 Å². The maximum Gasteiger partial charge on any atom is 0.327 e. The zero-order valence-corrected chi connectivity index (χ0v) is 12.3. The highest BCUT2D eigenvalue weighted by Gasteiger charge is 2.41. The van der Waals surface area contributed by atoms with Crippen molar-refractivity contribution >= 4 is 46.8 Å². The van der Waals surface area contributed by atoms with Gasteiger partial charge in [-0.2, -0.15) is 0 Å². The van der Waals surface area contributed by atoms with Crippen LogP contribution in [0.1, 0.15) is 23.8 Å². The van der Waals surface area contributed by atoms with E-state index in [1.54, 1.807) is 0 Å². The third kappa shape index (κ3) is 2.70. The maximum absolute atomic E-state index is 12.4. The molecule has 2 N–H and O–H groups in total. The average molecular weight is 323 g/mol. The number of hydrogen-bond acceptors (Lipinski definition) is 3. The third-order valence-electron chi connectivity index (χ3n) is 2.92. The Labute approximate surface area is 124 Å². The van der Waals surface area contributed by atoms with Crippen LogP contribution in [0.5, 0.6) is 0 Å². The largest absolute Gasteiger partial charge is 0.480 e. The first-order chi connectivity index (χ1) is 8.95. The second kappa shape index (κ2) is 5.64. The van der Waals surface area contributed by atoms with Crippen molar-refractivity contribution in [3.05, 3.63) is 21.9 Å². The van der Waals surface area contributed by atoms with Crippen molar-refractivity contribution in [1.29, 1.82) is 0 Å². The van der Waals surface area contributed by atoms with Gasteiger partial charge in [0.2, 0.25) is 0 Å². The number of nitrogens with one attached hydrogen (secondary N) is 1. The van der Waals surface area contributed by atoms with Gasteiger partial charge < -0.3 is 15.0 Å². The number of aromatic amines is 1. The van der Waals surface area contributed by atoms with Gasteiger partial charge in [-0.1, -0.05) is 30.1 Å². The summed E-state index contributed by atoms with van der Waals surface area (Å²) in [6.45, 7) is 1.91. The van der Waals surface area contributed by atoms with E-state index in [0.717, 1.165) is 0 Å². The molecule has 2 unspecified atom stereocenters. The molecular formula is C11H12Cl2N2O3S. The zero-order chi connectivity index (χ0) is 14.2. The van der Waals surface area contributed by atoms with E-state index in [1.807, 2.05) is 6.92 Å². The van der Waals surface area contributed by atoms with E-state index in [4.69, 9.17) is 23.2 Å². The molecule has 0 radical (unpaired) electrons. The number of hydrogen-bond donors (Lipinski definition) is 2. The molecule has 0 spiro atoms. The smallest absolute Gasteiger partial charge is 0.327 e. The molecule has 8 heteroatoms. The highest BCUT2D eigenvalue weighted by molar-refractivity contribution is 8.00. The molecule has 1 aromatic rings. The van der Waals surface area contributed by atoms with Crippen LogP contribution in [0.25, 0.3) is 0 Å². The van der Waals surface area contributed by atoms with Crippen LogP contribution >= 0.6 is 35.0 Å². The van der Waals surface area contributed by atoms with Crippen LogP contribution in [0.15, 0.2) is 6.07 Å². The summed E-state index contributed by atoms with van der Waals surface area (Å²) in [5.41, 5.74) is 0.210. The molecule has 0 saturated carbocycles. The molecule has 1 amide bonds. The van der Waals surface area contributed by atoms with Gasteiger partial charge in [0.15, 0.2) is 0 Å². The Morgan fingerprint density at radius 2 is 2.26 bits per heavy atom. The Bertz CT molecular complexity index is 501. The highest BCUT2D eigenvalue weighted by Crippen LogP contribution is 2.33. The van der Waals surface area contributed by atoms with Gasteiger partial charge in [-0.05, 0) is 12.5 Å². The molecule has 1 aromatic heterocycles. The number of aromatic nitrogens is 1. The quantitative estimate of drug-likeness (QED) is 0.897. The van der Waals surface area contributed by atoms with E-state index in [1.165, 1.54) is 22.7 Å². The number of nitrogens with zero attached hydrogens (tertiary/aromatic N) is 1. The molecule has 19 heavy (non-hydrogen) atoms. The summed E-state index contributed by atoms with van der Waals surface area (Å²) in [6.07, 6.45) is 0.683. The zero-order valence-electron chi connectivity index (χ0n) is 10.0. The Kier molecular flexibility index (Phi) is 4.32. The highest BCUT2D eigenvalue weighted by atomic mass is 35.5. The standard InChI is InChI=1S/C11H12Cl2N2O3S/c1-2-8-15(7(4-19-8)11(17)18)10(16)6-3-5(12)9(13)14-6/h3,7-8,14H,2,4H2,1H3,(H,17,18). The van der Waals surface area contributed by atoms with Crippen molar-refractivity contribution in [3.63, 3.8) is 0 Å². The fourth-order valence-electron chi connectivity index (χ4n) is 2.00. The number of amides is 1. The van der Waals surface area contributed by atoms with Crippen LogP contribution in [0.4, 0.5) is 0 Å². The van der Waals surface area contributed by atoms with E-state index in [0.29, 0.717) is 12.2 Å². The van der Waals surface area contributed by atoms with Gasteiger partial charge in [0.25, 0.3) is 5.91 Å². The molecule has 5 nitrogen and oxygen atoms in total. The van der Waals surface area contributed by atoms with Crippen LogP contribution < -0.4 is 0 Å². The fraction of sp³-hybridized carbons (Fsp3) is 0.455. The fourth-order valence-corrected chi connectivity index (χ4v) is 3.66. The lowest BCUT2D eigenvalue weighted by atomic mass is 10.2. The lowest BCUT2D eigenvalue weighted by Gasteiger charge is -2.26. The molecule has 1 saturated heterocycles. The number of rotatable bonds is 3. The molecular weight excluding hydrogens is 311 g/mol. The number of carbonyl (C=O) groups excluding carboxylic acids is 1. The molecule has 2 rings (SSSR count). The van der Waals surface area contributed by atoms with Gasteiger partial charge in [-0.3, -0.25) is 4.79 Å². The minimum atomic E-state index is -0.999. The summed E-state index contributed by atoms with van der Waals surface area (Å²) >= 11 is 13.0. The number of carboxylic acid groups (broad SMARTS) is 1. The summed E-state index contributed by atoms with van der Waals surface area (Å²) in [5, 5.41) is 9.46. The van der Waals surface area contributed by atoms with Gasteiger partial charge in [-0.15, -0.1) is 11.8 Å². The molecule has 104 valence electrons. The van der Waals surface area contributed by atoms with Crippen LogP contribution in [0.3, 0.4) is 0 Å². The van der Waals surface area contributed by atoms with Gasteiger partial charge in [0.1, 0.15) is 16.9 Å². The average Bonchev–Trinajstić information content (AvgIpc) is 2.93. The Morgan fingerprint density at radius 3 is 2.74 bits per heavy atom. The van der Waals surface area contributed by atoms with E-state index in [2.05, 4.69) is 4.98 Å². The topological polar surface area (TPSA) is 73.4 Å². The van der Waals surface area contributed by atoms with Crippen molar-refractivity contribution in [3.8, 4) is 0 Å². The number of thioether (sulfide) groups is 1. The van der Waals surface area contributed by atoms with Crippen molar-refractivity contribution < 1.29 is 14.7 Å². The summed E-state index contributed by atoms with van der Waals surface area (Å²) in [7, 11) is 0. The maximum atomic E-state index is 12.4. The molecule has 1 fully saturated rings. The number of carbonyl (C=O) groups is 2. The minimum Gasteiger partial charge on any atom is -0.480 e. The lowest BCUT2D eigenvalue weighted by Crippen LogP contribution is -2.45. The van der Waals surface area contributed by atoms with Crippen molar-refractivity contribution in [2.24, 2.45) is 0 Å². The number of aliphatic carboxylic acids is 1. The predicted octanol–water partition coefficient (Wildman–Crippen LogP) is 2.70. The monoisotopic (exact) mass is 322 g/mol. The van der Waals surface area contributed by atoms with Crippen LogP contribution in [0, 0.1) is 0 Å². The SMILES string of the molecule is CCC1SCC(C(=O)O)N1C(=O)c1cc(Cl)c(Cl)[nH]1. The van der Waals surface area contributed by atoms with Crippen LogP contribution in [-0.2, 0) is 4.79 Å². The first-order valence-electron chi connectivity index (χ1n) is 5.66. The Morgan fingerprint density at radius 1 is 1.58 bits per heavy atom. The number of halogens is 2. The van der Waals surface area contributed by atoms with Gasteiger partial charge in [-0.25, -0.2) is 4.79 Å². The van der Waals surface area contributed by atoms with Gasteiger partial charge >= 0.3 is 5.97 Å². The van der Waals surface area contributed by atoms with E-state index in [-0.39, 0.29) is 21.2 Å². The van der Waals surface area contributed by atoms with Crippen molar-refractivity contribution in [2.45, 2.75) is 24.8 Å². The first-order valence-corrected chi connectivity index (χ1v) is 7.47. The second-order valence-electron chi connectivity index (χ2n) is 4.11. The Hall–Kier alpha value is -0.850. The summed E-state index contributed by atoms with van der Waals surface area (Å²) in [4.78, 5) is 27.7. The number of carboxylic acids is 1. The lowest BCUT2D eigenvalue weighted by molar-refractivity contribution is -0.141. The normalized spacial score (nSPS) is 22.8. The summed E-state index contributed by atoms with van der Waals surface area (Å²) in [5.74, 6) is -1.000. The third-order valence-corrected chi connectivity index (χ3v) is 5.06. The minimum absolute atomic E-state index is 0.144. The molecule has 0 aromatic carbocycles. The predicted molar refractivity (Wildman–Crippen MR) is 74.9 cm³/mol. The van der Waals surface area contributed by atoms with Gasteiger partial charge in [0.05, 0.1) is 10.4 Å². The van der Waals surface area contributed by atoms with Crippen LogP contribution in [0.2, 0.25) is 10.2 Å². The molecule has 0 aliphatic carbocycles. The molecule has 2 atom stereocenters. The van der Waals surface area contributed by atoms with E-state index in [9.17, 15) is 14.7 Å². The Balaban J connectivity index is 2.30. The van der Waals surface area contributed by atoms with Crippen molar-refractivity contribution in [1.82, 2.24) is 9.88 Å². The molecule has 1 aliphatic heterocycles. The summed E-state index contributed by atoms with van der Waals surface area (Å²) in [6, 6.07) is 0.601. The molecule has 1 aliphatic rings. The van der Waals surface area contributed by atoms with Crippen LogP contribution in [-0.4, -0.2) is 44.0 Å². The van der Waals surface area contributed by atoms with Crippen molar-refractivity contribution in [2.75, 3.05) is 5.75 Å². The molecule has 0 bridgehead atoms. The number of H-pyrrole nitrogens is 1. The first kappa shape index (κ1) is 14.6. The second-order valence-corrected chi connectivity index (χ2v) is 6.10. The summed E-state index contributed by atoms with van der Waals surface area (Å²) < 4.78 is 0. The molecule has 2 heterocycles. The van der Waals surface area contributed by atoms with E-state index < -0.39 is 17.9 Å². The van der Waals surface area contributed by atoms with E-state index >= 15 is 0 Å².